The standard InChI is InChI=1S/C11H14N6.C4H11NO/c1-4-5-12-9-7-6(8-10(13-7)14-8)15-11(16-9)17(2)3;1-4(2,6)3-5/h4-5H2,1-3H3,(H,12,15,16);6H,3,5H2,1-2H3. The third kappa shape index (κ3) is 4.23. The molecule has 2 aliphatic heterocycles. The van der Waals surface area contributed by atoms with Gasteiger partial charge in [-0.15, -0.1) is 0 Å². The first-order valence-corrected chi connectivity index (χ1v) is 7.70. The van der Waals surface area contributed by atoms with Crippen LogP contribution in [0.4, 0.5) is 11.8 Å². The molecule has 0 fully saturated rings. The fourth-order valence-electron chi connectivity index (χ4n) is 1.70. The fourth-order valence-corrected chi connectivity index (χ4v) is 1.70. The second-order valence-electron chi connectivity index (χ2n) is 6.30. The Morgan fingerprint density at radius 2 is 1.78 bits per heavy atom. The highest BCUT2D eigenvalue weighted by molar-refractivity contribution is 6.01. The van der Waals surface area contributed by atoms with E-state index in [0.29, 0.717) is 12.5 Å². The molecule has 1 aromatic heterocycles. The van der Waals surface area contributed by atoms with E-state index < -0.39 is 5.60 Å². The summed E-state index contributed by atoms with van der Waals surface area (Å²) in [6.45, 7) is 6.68. The molecule has 0 saturated heterocycles. The van der Waals surface area contributed by atoms with Crippen LogP contribution in [-0.4, -0.2) is 57.8 Å². The Hall–Kier alpha value is -2.06. The molecule has 0 unspecified atom stereocenters. The van der Waals surface area contributed by atoms with Crippen molar-refractivity contribution in [1.29, 1.82) is 0 Å². The van der Waals surface area contributed by atoms with Gasteiger partial charge in [0, 0.05) is 27.2 Å². The van der Waals surface area contributed by atoms with E-state index in [1.165, 1.54) is 0 Å². The maximum Gasteiger partial charge on any atom is 0.227 e. The minimum atomic E-state index is -0.681. The monoisotopic (exact) mass is 319 g/mol. The van der Waals surface area contributed by atoms with Crippen molar-refractivity contribution in [3.8, 4) is 11.5 Å². The van der Waals surface area contributed by atoms with E-state index in [1.807, 2.05) is 19.0 Å². The van der Waals surface area contributed by atoms with Crippen LogP contribution in [0.25, 0.3) is 22.6 Å². The van der Waals surface area contributed by atoms with Crippen molar-refractivity contribution >= 4 is 22.8 Å². The van der Waals surface area contributed by atoms with Gasteiger partial charge in [0.2, 0.25) is 5.95 Å². The Labute approximate surface area is 136 Å². The van der Waals surface area contributed by atoms with Crippen LogP contribution in [0.1, 0.15) is 27.2 Å². The van der Waals surface area contributed by atoms with Crippen molar-refractivity contribution in [2.24, 2.45) is 5.73 Å². The van der Waals surface area contributed by atoms with Gasteiger partial charge in [-0.3, -0.25) is 0 Å². The summed E-state index contributed by atoms with van der Waals surface area (Å²) in [5, 5.41) is 12.0. The minimum Gasteiger partial charge on any atom is -0.389 e. The SMILES string of the molecule is CC(C)(O)CN.CCCNc1nc(N(C)C)nc2c3nc-3nc12. The van der Waals surface area contributed by atoms with Crippen LogP contribution in [0.2, 0.25) is 0 Å². The Kier molecular flexibility index (Phi) is 4.96. The first-order valence-electron chi connectivity index (χ1n) is 7.70. The maximum atomic E-state index is 8.70. The number of aromatic nitrogens is 4. The number of fused-ring (bicyclic) bond motifs is 3. The smallest absolute Gasteiger partial charge is 0.227 e. The van der Waals surface area contributed by atoms with Gasteiger partial charge in [-0.05, 0) is 20.3 Å². The fraction of sp³-hybridized carbons (Fsp3) is 0.600. The second-order valence-corrected chi connectivity index (χ2v) is 6.30. The number of hydrogen-bond acceptors (Lipinski definition) is 8. The summed E-state index contributed by atoms with van der Waals surface area (Å²) in [5.74, 6) is 2.31. The molecule has 2 aliphatic rings. The highest BCUT2D eigenvalue weighted by Crippen LogP contribution is 2.36. The van der Waals surface area contributed by atoms with E-state index in [9.17, 15) is 0 Å². The van der Waals surface area contributed by atoms with Gasteiger partial charge in [-0.1, -0.05) is 6.92 Å². The largest absolute Gasteiger partial charge is 0.389 e. The van der Waals surface area contributed by atoms with Crippen LogP contribution in [0, 0.1) is 0 Å². The van der Waals surface area contributed by atoms with Crippen molar-refractivity contribution in [2.45, 2.75) is 32.8 Å². The van der Waals surface area contributed by atoms with Crippen molar-refractivity contribution in [3.63, 3.8) is 0 Å². The molecular formula is C15H25N7O. The molecule has 0 atom stereocenters. The van der Waals surface area contributed by atoms with Crippen LogP contribution < -0.4 is 16.0 Å². The average molecular weight is 319 g/mol. The van der Waals surface area contributed by atoms with Gasteiger partial charge in [0.25, 0.3) is 0 Å². The molecule has 1 aromatic rings. The molecule has 8 nitrogen and oxygen atoms in total. The molecule has 0 spiro atoms. The molecule has 0 amide bonds. The third-order valence-corrected chi connectivity index (χ3v) is 3.14. The molecule has 4 N–H and O–H groups in total. The number of nitrogens with zero attached hydrogens (tertiary/aromatic N) is 5. The Morgan fingerprint density at radius 3 is 2.30 bits per heavy atom. The van der Waals surface area contributed by atoms with Crippen LogP contribution >= 0.6 is 0 Å². The number of nitrogens with one attached hydrogen (secondary N) is 1. The van der Waals surface area contributed by atoms with Crippen molar-refractivity contribution in [3.05, 3.63) is 0 Å². The van der Waals surface area contributed by atoms with Gasteiger partial charge < -0.3 is 21.1 Å². The van der Waals surface area contributed by atoms with Crippen molar-refractivity contribution in [2.75, 3.05) is 37.4 Å². The summed E-state index contributed by atoms with van der Waals surface area (Å²) in [6, 6.07) is 0. The summed E-state index contributed by atoms with van der Waals surface area (Å²) in [6.07, 6.45) is 1.05. The van der Waals surface area contributed by atoms with Gasteiger partial charge in [0.05, 0.1) is 5.60 Å². The second kappa shape index (κ2) is 6.59. The lowest BCUT2D eigenvalue weighted by atomic mass is 10.1. The van der Waals surface area contributed by atoms with Crippen molar-refractivity contribution in [1.82, 2.24) is 19.9 Å². The lowest BCUT2D eigenvalue weighted by molar-refractivity contribution is 0.0898. The number of hydrogen-bond donors (Lipinski definition) is 3. The van der Waals surface area contributed by atoms with E-state index in [4.69, 9.17) is 10.8 Å². The molecular weight excluding hydrogens is 294 g/mol. The number of anilines is 2. The lowest BCUT2D eigenvalue weighted by Gasteiger charge is -2.12. The summed E-state index contributed by atoms with van der Waals surface area (Å²) < 4.78 is 0. The molecule has 0 saturated carbocycles. The highest BCUT2D eigenvalue weighted by atomic mass is 16.3. The summed E-state index contributed by atoms with van der Waals surface area (Å²) in [5.41, 5.74) is 6.99. The van der Waals surface area contributed by atoms with Crippen LogP contribution in [0.15, 0.2) is 0 Å². The quantitative estimate of drug-likeness (QED) is 0.638. The molecule has 0 aliphatic carbocycles. The Bertz CT molecular complexity index is 694. The highest BCUT2D eigenvalue weighted by Gasteiger charge is 2.27. The number of nitrogens with two attached hydrogens (primary N) is 1. The van der Waals surface area contributed by atoms with Gasteiger partial charge in [0.1, 0.15) is 16.7 Å². The molecule has 0 bridgehead atoms. The molecule has 126 valence electrons. The minimum absolute atomic E-state index is 0.326. The third-order valence-electron chi connectivity index (χ3n) is 3.14. The van der Waals surface area contributed by atoms with Gasteiger partial charge in [-0.2, -0.15) is 4.98 Å². The van der Waals surface area contributed by atoms with E-state index in [2.05, 4.69) is 32.2 Å². The Morgan fingerprint density at radius 1 is 1.13 bits per heavy atom. The van der Waals surface area contributed by atoms with E-state index in [1.54, 1.807) is 13.8 Å². The molecule has 0 aromatic carbocycles. The normalized spacial score (nSPS) is 11.8. The van der Waals surface area contributed by atoms with Crippen LogP contribution in [0.5, 0.6) is 0 Å². The zero-order valence-corrected chi connectivity index (χ0v) is 14.4. The molecule has 0 radical (unpaired) electrons. The van der Waals surface area contributed by atoms with E-state index >= 15 is 0 Å². The zero-order valence-electron chi connectivity index (χ0n) is 14.4. The molecule has 3 heterocycles. The molecule has 3 rings (SSSR count). The summed E-state index contributed by atoms with van der Waals surface area (Å²) >= 11 is 0. The molecule has 23 heavy (non-hydrogen) atoms. The number of aliphatic hydroxyl groups is 1. The first kappa shape index (κ1) is 17.3. The molecule has 8 heteroatoms. The summed E-state index contributed by atoms with van der Waals surface area (Å²) in [4.78, 5) is 19.4. The lowest BCUT2D eigenvalue weighted by Crippen LogP contribution is -2.29. The van der Waals surface area contributed by atoms with Gasteiger partial charge in [0.15, 0.2) is 11.6 Å². The maximum absolute atomic E-state index is 8.70. The zero-order chi connectivity index (χ0) is 17.2. The van der Waals surface area contributed by atoms with Gasteiger partial charge >= 0.3 is 0 Å². The topological polar surface area (TPSA) is 113 Å². The average Bonchev–Trinajstić information content (AvgIpc) is 3.17. The van der Waals surface area contributed by atoms with Crippen LogP contribution in [0.3, 0.4) is 0 Å². The predicted molar refractivity (Wildman–Crippen MR) is 92.6 cm³/mol. The Balaban J connectivity index is 0.000000277. The van der Waals surface area contributed by atoms with Crippen LogP contribution in [-0.2, 0) is 0 Å². The predicted octanol–water partition coefficient (Wildman–Crippen LogP) is 1.00. The van der Waals surface area contributed by atoms with Crippen molar-refractivity contribution < 1.29 is 5.11 Å². The van der Waals surface area contributed by atoms with Gasteiger partial charge in [-0.25, -0.2) is 15.0 Å². The van der Waals surface area contributed by atoms with E-state index in [-0.39, 0.29) is 0 Å². The first-order chi connectivity index (χ1) is 10.8. The number of rotatable bonds is 5. The van der Waals surface area contributed by atoms with E-state index in [0.717, 1.165) is 41.3 Å². The summed E-state index contributed by atoms with van der Waals surface area (Å²) in [7, 11) is 3.85.